The molecule has 14 heavy (non-hydrogen) atoms. The number of benzene rings is 1. The summed E-state index contributed by atoms with van der Waals surface area (Å²) in [4.78, 5) is 0. The summed E-state index contributed by atoms with van der Waals surface area (Å²) in [5.41, 5.74) is 0.153. The van der Waals surface area contributed by atoms with Gasteiger partial charge in [-0.25, -0.2) is 0 Å². The molecule has 0 aliphatic rings. The van der Waals surface area contributed by atoms with E-state index >= 15 is 0 Å². The molecule has 1 heteroatoms. The van der Waals surface area contributed by atoms with Gasteiger partial charge >= 0.3 is 0 Å². The molecule has 0 heterocycles. The molecule has 0 radical (unpaired) electrons. The van der Waals surface area contributed by atoms with Gasteiger partial charge in [-0.05, 0) is 12.5 Å². The number of rotatable bonds is 3. The third-order valence-electron chi connectivity index (χ3n) is 1.92. The van der Waals surface area contributed by atoms with Crippen LogP contribution < -0.4 is 0 Å². The molecule has 0 saturated heterocycles. The van der Waals surface area contributed by atoms with Crippen molar-refractivity contribution < 1.29 is 4.74 Å². The largest absolute Gasteiger partial charge is 0.347 e. The summed E-state index contributed by atoms with van der Waals surface area (Å²) in [6.45, 7) is 2.14. The van der Waals surface area contributed by atoms with Crippen molar-refractivity contribution in [2.75, 3.05) is 0 Å². The molecule has 0 aromatic heterocycles. The van der Waals surface area contributed by atoms with E-state index in [0.29, 0.717) is 6.61 Å². The molecular weight excluding hydrogens is 172 g/mol. The summed E-state index contributed by atoms with van der Waals surface area (Å²) in [7, 11) is 0. The van der Waals surface area contributed by atoms with E-state index in [9.17, 15) is 0 Å². The zero-order valence-corrected chi connectivity index (χ0v) is 8.16. The van der Waals surface area contributed by atoms with Crippen LogP contribution in [0.5, 0.6) is 0 Å². The van der Waals surface area contributed by atoms with Gasteiger partial charge in [-0.15, -0.1) is 12.8 Å². The molecule has 0 unspecified atom stereocenters. The standard InChI is InChI=1S/C13H12O/c1-4-13(3,5-2)14-11-12-9-7-6-8-10-12/h1-2,6-10H,11H2,3H3. The van der Waals surface area contributed by atoms with E-state index < -0.39 is 5.60 Å². The van der Waals surface area contributed by atoms with E-state index in [1.54, 1.807) is 6.92 Å². The van der Waals surface area contributed by atoms with Crippen molar-refractivity contribution in [1.82, 2.24) is 0 Å². The second-order valence-electron chi connectivity index (χ2n) is 3.10. The lowest BCUT2D eigenvalue weighted by Gasteiger charge is -2.17. The molecule has 1 aromatic carbocycles. The van der Waals surface area contributed by atoms with Gasteiger partial charge in [0.15, 0.2) is 5.60 Å². The summed E-state index contributed by atoms with van der Waals surface area (Å²) in [5, 5.41) is 0. The Labute approximate surface area is 85.1 Å². The molecule has 70 valence electrons. The topological polar surface area (TPSA) is 9.23 Å². The van der Waals surface area contributed by atoms with Gasteiger partial charge in [-0.1, -0.05) is 42.2 Å². The van der Waals surface area contributed by atoms with Crippen molar-refractivity contribution >= 4 is 0 Å². The van der Waals surface area contributed by atoms with Crippen molar-refractivity contribution in [3.05, 3.63) is 35.9 Å². The van der Waals surface area contributed by atoms with Crippen LogP contribution in [0.25, 0.3) is 0 Å². The first-order chi connectivity index (χ1) is 6.70. The smallest absolute Gasteiger partial charge is 0.187 e. The number of ether oxygens (including phenoxy) is 1. The lowest BCUT2D eigenvalue weighted by atomic mass is 10.1. The van der Waals surface area contributed by atoms with E-state index in [4.69, 9.17) is 17.6 Å². The average molecular weight is 184 g/mol. The first-order valence-corrected chi connectivity index (χ1v) is 4.33. The van der Waals surface area contributed by atoms with E-state index in [1.807, 2.05) is 30.3 Å². The fraction of sp³-hybridized carbons (Fsp3) is 0.231. The monoisotopic (exact) mass is 184 g/mol. The normalized spacial score (nSPS) is 10.2. The van der Waals surface area contributed by atoms with Crippen LogP contribution in [0.3, 0.4) is 0 Å². The molecule has 0 N–H and O–H groups in total. The average Bonchev–Trinajstić information content (AvgIpc) is 2.27. The second kappa shape index (κ2) is 4.51. The van der Waals surface area contributed by atoms with E-state index in [2.05, 4.69) is 11.8 Å². The second-order valence-corrected chi connectivity index (χ2v) is 3.10. The van der Waals surface area contributed by atoms with Gasteiger partial charge in [0.05, 0.1) is 6.61 Å². The number of hydrogen-bond acceptors (Lipinski definition) is 1. The molecule has 1 rings (SSSR count). The van der Waals surface area contributed by atoms with Crippen LogP contribution in [0.15, 0.2) is 30.3 Å². The fourth-order valence-corrected chi connectivity index (χ4v) is 0.927. The number of terminal acetylenes is 2. The molecule has 1 aromatic rings. The summed E-state index contributed by atoms with van der Waals surface area (Å²) < 4.78 is 5.44. The van der Waals surface area contributed by atoms with Crippen LogP contribution in [0.1, 0.15) is 12.5 Å². The Morgan fingerprint density at radius 3 is 2.29 bits per heavy atom. The highest BCUT2D eigenvalue weighted by Crippen LogP contribution is 2.11. The van der Waals surface area contributed by atoms with Gasteiger partial charge in [0.1, 0.15) is 0 Å². The van der Waals surface area contributed by atoms with Crippen LogP contribution in [0, 0.1) is 24.7 Å². The van der Waals surface area contributed by atoms with Gasteiger partial charge in [0.25, 0.3) is 0 Å². The maximum atomic E-state index is 5.44. The summed E-state index contributed by atoms with van der Waals surface area (Å²) >= 11 is 0. The Morgan fingerprint density at radius 2 is 1.79 bits per heavy atom. The fourth-order valence-electron chi connectivity index (χ4n) is 0.927. The van der Waals surface area contributed by atoms with Crippen LogP contribution in [0.2, 0.25) is 0 Å². The summed E-state index contributed by atoms with van der Waals surface area (Å²) in [6, 6.07) is 9.77. The highest BCUT2D eigenvalue weighted by Gasteiger charge is 2.17. The minimum Gasteiger partial charge on any atom is -0.347 e. The van der Waals surface area contributed by atoms with E-state index in [-0.39, 0.29) is 0 Å². The summed E-state index contributed by atoms with van der Waals surface area (Å²) in [6.07, 6.45) is 10.5. The minimum absolute atomic E-state index is 0.436. The zero-order chi connectivity index (χ0) is 10.4. The third kappa shape index (κ3) is 2.66. The van der Waals surface area contributed by atoms with Crippen molar-refractivity contribution in [2.45, 2.75) is 19.1 Å². The molecule has 0 spiro atoms. The van der Waals surface area contributed by atoms with Gasteiger partial charge in [-0.2, -0.15) is 0 Å². The lowest BCUT2D eigenvalue weighted by molar-refractivity contribution is 0.0425. The Bertz CT molecular complexity index is 350. The molecule has 0 aliphatic heterocycles. The molecule has 0 amide bonds. The van der Waals surface area contributed by atoms with Crippen molar-refractivity contribution in [2.24, 2.45) is 0 Å². The maximum Gasteiger partial charge on any atom is 0.187 e. The lowest BCUT2D eigenvalue weighted by Crippen LogP contribution is -2.23. The van der Waals surface area contributed by atoms with E-state index in [1.165, 1.54) is 0 Å². The molecule has 1 nitrogen and oxygen atoms in total. The predicted molar refractivity (Wildman–Crippen MR) is 57.3 cm³/mol. The van der Waals surface area contributed by atoms with Gasteiger partial charge in [0.2, 0.25) is 0 Å². The Balaban J connectivity index is 2.59. The highest BCUT2D eigenvalue weighted by molar-refractivity contribution is 5.23. The minimum atomic E-state index is -0.907. The van der Waals surface area contributed by atoms with E-state index in [0.717, 1.165) is 5.56 Å². The van der Waals surface area contributed by atoms with Crippen LogP contribution in [-0.2, 0) is 11.3 Å². The van der Waals surface area contributed by atoms with Crippen molar-refractivity contribution in [1.29, 1.82) is 0 Å². The predicted octanol–water partition coefficient (Wildman–Crippen LogP) is 2.23. The Morgan fingerprint density at radius 1 is 1.21 bits per heavy atom. The maximum absolute atomic E-state index is 5.44. The quantitative estimate of drug-likeness (QED) is 0.654. The van der Waals surface area contributed by atoms with Gasteiger partial charge in [0, 0.05) is 0 Å². The first-order valence-electron chi connectivity index (χ1n) is 4.33. The third-order valence-corrected chi connectivity index (χ3v) is 1.92. The first kappa shape index (κ1) is 10.4. The highest BCUT2D eigenvalue weighted by atomic mass is 16.5. The molecule has 0 fully saturated rings. The van der Waals surface area contributed by atoms with Crippen LogP contribution in [0.4, 0.5) is 0 Å². The van der Waals surface area contributed by atoms with Crippen LogP contribution >= 0.6 is 0 Å². The van der Waals surface area contributed by atoms with Crippen molar-refractivity contribution in [3.8, 4) is 24.7 Å². The Kier molecular flexibility index (Phi) is 3.35. The Hall–Kier alpha value is -1.70. The SMILES string of the molecule is C#CC(C)(C#C)OCc1ccccc1. The van der Waals surface area contributed by atoms with Gasteiger partial charge < -0.3 is 4.74 Å². The molecular formula is C13H12O. The molecule has 0 atom stereocenters. The summed E-state index contributed by atoms with van der Waals surface area (Å²) in [5.74, 6) is 4.88. The molecule has 0 aliphatic carbocycles. The van der Waals surface area contributed by atoms with Crippen LogP contribution in [-0.4, -0.2) is 5.60 Å². The zero-order valence-electron chi connectivity index (χ0n) is 8.16. The van der Waals surface area contributed by atoms with Crippen molar-refractivity contribution in [3.63, 3.8) is 0 Å². The number of hydrogen-bond donors (Lipinski definition) is 0. The molecule has 0 bridgehead atoms. The van der Waals surface area contributed by atoms with Gasteiger partial charge in [-0.3, -0.25) is 0 Å². The molecule has 0 saturated carbocycles.